The van der Waals surface area contributed by atoms with Crippen LogP contribution in [0, 0.1) is 0 Å². The van der Waals surface area contributed by atoms with E-state index in [0.29, 0.717) is 5.92 Å². The maximum absolute atomic E-state index is 13.7. The van der Waals surface area contributed by atoms with Crippen molar-refractivity contribution in [2.45, 2.75) is 69.7 Å². The van der Waals surface area contributed by atoms with Gasteiger partial charge >= 0.3 is 0 Å². The number of likely N-dealkylation sites (tertiary alicyclic amines) is 1. The van der Waals surface area contributed by atoms with Crippen molar-refractivity contribution in [3.05, 3.63) is 53.2 Å². The summed E-state index contributed by atoms with van der Waals surface area (Å²) in [5.41, 5.74) is 2.83. The van der Waals surface area contributed by atoms with Crippen molar-refractivity contribution in [3.63, 3.8) is 0 Å². The summed E-state index contributed by atoms with van der Waals surface area (Å²) < 4.78 is 2.35. The van der Waals surface area contributed by atoms with Crippen LogP contribution in [0.3, 0.4) is 0 Å². The fourth-order valence-electron chi connectivity index (χ4n) is 5.31. The lowest BCUT2D eigenvalue weighted by atomic mass is 9.95. The molecule has 2 aromatic heterocycles. The van der Waals surface area contributed by atoms with Crippen molar-refractivity contribution in [2.75, 3.05) is 13.1 Å². The number of carbonyl (C=O) groups excluding carboxylic acids is 1. The highest BCUT2D eigenvalue weighted by Crippen LogP contribution is 2.40. The lowest BCUT2D eigenvalue weighted by Gasteiger charge is -2.33. The van der Waals surface area contributed by atoms with Gasteiger partial charge in [0.25, 0.3) is 5.91 Å². The standard InChI is InChI=1S/C25H29N5O/c31-25(20-15-22(17-11-12-17)26-21-9-4-3-8-19(20)21)29-13-6-7-18(16-29)24-28-27-23-10-2-1-5-14-30(23)24/h3-4,8-9,15,17-18H,1-2,5-7,10-14,16H2. The minimum atomic E-state index is 0.140. The van der Waals surface area contributed by atoms with Crippen molar-refractivity contribution in [2.24, 2.45) is 0 Å². The van der Waals surface area contributed by atoms with Crippen LogP contribution < -0.4 is 0 Å². The van der Waals surface area contributed by atoms with Gasteiger partial charge in [-0.3, -0.25) is 9.78 Å². The molecule has 6 rings (SSSR count). The molecule has 2 fully saturated rings. The molecule has 160 valence electrons. The van der Waals surface area contributed by atoms with Gasteiger partial charge in [-0.2, -0.15) is 0 Å². The molecule has 0 radical (unpaired) electrons. The third-order valence-electron chi connectivity index (χ3n) is 7.17. The first kappa shape index (κ1) is 19.0. The van der Waals surface area contributed by atoms with Crippen molar-refractivity contribution in [1.29, 1.82) is 0 Å². The molecule has 0 N–H and O–H groups in total. The molecule has 1 aliphatic carbocycles. The second-order valence-electron chi connectivity index (χ2n) is 9.41. The Bertz CT molecular complexity index is 1130. The van der Waals surface area contributed by atoms with Crippen LogP contribution in [-0.2, 0) is 13.0 Å². The van der Waals surface area contributed by atoms with Gasteiger partial charge in [-0.25, -0.2) is 0 Å². The van der Waals surface area contributed by atoms with E-state index in [-0.39, 0.29) is 11.8 Å². The minimum Gasteiger partial charge on any atom is -0.338 e. The second kappa shape index (κ2) is 7.74. The van der Waals surface area contributed by atoms with E-state index in [2.05, 4.69) is 20.8 Å². The largest absolute Gasteiger partial charge is 0.338 e. The maximum Gasteiger partial charge on any atom is 0.254 e. The van der Waals surface area contributed by atoms with Crippen LogP contribution in [0.25, 0.3) is 10.9 Å². The second-order valence-corrected chi connectivity index (χ2v) is 9.41. The Morgan fingerprint density at radius 1 is 0.935 bits per heavy atom. The SMILES string of the molecule is O=C(c1cc(C2CC2)nc2ccccc12)N1CCCC(c2nnc3n2CCCCC3)C1. The minimum absolute atomic E-state index is 0.140. The molecular weight excluding hydrogens is 386 g/mol. The number of pyridine rings is 1. The summed E-state index contributed by atoms with van der Waals surface area (Å²) in [4.78, 5) is 20.6. The molecule has 31 heavy (non-hydrogen) atoms. The Kier molecular flexibility index (Phi) is 4.73. The number of fused-ring (bicyclic) bond motifs is 2. The van der Waals surface area contributed by atoms with E-state index in [0.717, 1.165) is 72.7 Å². The number of carbonyl (C=O) groups is 1. The number of benzene rings is 1. The van der Waals surface area contributed by atoms with Crippen LogP contribution in [0.15, 0.2) is 30.3 Å². The van der Waals surface area contributed by atoms with E-state index < -0.39 is 0 Å². The molecule has 1 aromatic carbocycles. The average Bonchev–Trinajstić information content (AvgIpc) is 3.63. The van der Waals surface area contributed by atoms with Gasteiger partial charge in [0.15, 0.2) is 0 Å². The van der Waals surface area contributed by atoms with Crippen molar-refractivity contribution >= 4 is 16.8 Å². The highest BCUT2D eigenvalue weighted by molar-refractivity contribution is 6.06. The van der Waals surface area contributed by atoms with E-state index >= 15 is 0 Å². The van der Waals surface area contributed by atoms with Crippen LogP contribution in [0.2, 0.25) is 0 Å². The fraction of sp³-hybridized carbons (Fsp3) is 0.520. The summed E-state index contributed by atoms with van der Waals surface area (Å²) in [6.07, 6.45) is 9.13. The van der Waals surface area contributed by atoms with E-state index in [1.807, 2.05) is 29.2 Å². The topological polar surface area (TPSA) is 63.9 Å². The van der Waals surface area contributed by atoms with Crippen LogP contribution in [0.4, 0.5) is 0 Å². The molecule has 3 aliphatic rings. The summed E-state index contributed by atoms with van der Waals surface area (Å²) in [6.45, 7) is 2.56. The van der Waals surface area contributed by atoms with Gasteiger partial charge in [0.1, 0.15) is 11.6 Å². The zero-order chi connectivity index (χ0) is 20.8. The Balaban J connectivity index is 1.31. The first-order chi connectivity index (χ1) is 15.3. The molecule has 6 heteroatoms. The Morgan fingerprint density at radius 3 is 2.74 bits per heavy atom. The van der Waals surface area contributed by atoms with Gasteiger partial charge in [0.05, 0.1) is 11.1 Å². The zero-order valence-corrected chi connectivity index (χ0v) is 18.0. The summed E-state index contributed by atoms with van der Waals surface area (Å²) in [6, 6.07) is 10.1. The van der Waals surface area contributed by atoms with Gasteiger partial charge in [0.2, 0.25) is 0 Å². The molecule has 0 bridgehead atoms. The van der Waals surface area contributed by atoms with E-state index in [1.54, 1.807) is 0 Å². The number of aryl methyl sites for hydroxylation is 1. The first-order valence-electron chi connectivity index (χ1n) is 11.9. The normalized spacial score (nSPS) is 21.7. The number of rotatable bonds is 3. The van der Waals surface area contributed by atoms with Crippen LogP contribution in [-0.4, -0.2) is 43.6 Å². The van der Waals surface area contributed by atoms with Crippen LogP contribution >= 0.6 is 0 Å². The molecule has 1 saturated carbocycles. The number of para-hydroxylation sites is 1. The number of amides is 1. The highest BCUT2D eigenvalue weighted by atomic mass is 16.2. The third-order valence-corrected chi connectivity index (χ3v) is 7.17. The molecule has 1 unspecified atom stereocenters. The average molecular weight is 416 g/mol. The highest BCUT2D eigenvalue weighted by Gasteiger charge is 2.32. The molecule has 6 nitrogen and oxygen atoms in total. The Morgan fingerprint density at radius 2 is 1.84 bits per heavy atom. The van der Waals surface area contributed by atoms with Gasteiger partial charge in [-0.05, 0) is 50.7 Å². The molecule has 0 spiro atoms. The van der Waals surface area contributed by atoms with Gasteiger partial charge < -0.3 is 9.47 Å². The number of aromatic nitrogens is 4. The summed E-state index contributed by atoms with van der Waals surface area (Å²) in [7, 11) is 0. The quantitative estimate of drug-likeness (QED) is 0.634. The maximum atomic E-state index is 13.7. The molecule has 1 saturated heterocycles. The number of hydrogen-bond donors (Lipinski definition) is 0. The van der Waals surface area contributed by atoms with Crippen molar-refractivity contribution in [1.82, 2.24) is 24.6 Å². The van der Waals surface area contributed by atoms with Crippen LogP contribution in [0.1, 0.15) is 84.5 Å². The predicted molar refractivity (Wildman–Crippen MR) is 119 cm³/mol. The number of hydrogen-bond acceptors (Lipinski definition) is 4. The summed E-state index contributed by atoms with van der Waals surface area (Å²) >= 11 is 0. The molecule has 2 aliphatic heterocycles. The smallest absolute Gasteiger partial charge is 0.254 e. The third kappa shape index (κ3) is 3.52. The molecule has 4 heterocycles. The first-order valence-corrected chi connectivity index (χ1v) is 11.9. The lowest BCUT2D eigenvalue weighted by Crippen LogP contribution is -2.40. The molecule has 1 atom stereocenters. The molecule has 3 aromatic rings. The number of nitrogens with zero attached hydrogens (tertiary/aromatic N) is 5. The van der Waals surface area contributed by atoms with Crippen LogP contribution in [0.5, 0.6) is 0 Å². The summed E-state index contributed by atoms with van der Waals surface area (Å²) in [5, 5.41) is 10.1. The number of piperidine rings is 1. The van der Waals surface area contributed by atoms with Crippen molar-refractivity contribution in [3.8, 4) is 0 Å². The van der Waals surface area contributed by atoms with Gasteiger partial charge in [0, 0.05) is 49.0 Å². The summed E-state index contributed by atoms with van der Waals surface area (Å²) in [5.74, 6) is 3.16. The Labute approximate surface area is 182 Å². The van der Waals surface area contributed by atoms with E-state index in [1.165, 1.54) is 32.1 Å². The fourth-order valence-corrected chi connectivity index (χ4v) is 5.31. The monoisotopic (exact) mass is 415 g/mol. The molecule has 1 amide bonds. The van der Waals surface area contributed by atoms with Gasteiger partial charge in [-0.15, -0.1) is 10.2 Å². The zero-order valence-electron chi connectivity index (χ0n) is 18.0. The van der Waals surface area contributed by atoms with Crippen molar-refractivity contribution < 1.29 is 4.79 Å². The van der Waals surface area contributed by atoms with E-state index in [4.69, 9.17) is 4.98 Å². The predicted octanol–water partition coefficient (Wildman–Crippen LogP) is 4.45. The Hall–Kier alpha value is -2.76. The van der Waals surface area contributed by atoms with Gasteiger partial charge in [-0.1, -0.05) is 24.6 Å². The van der Waals surface area contributed by atoms with E-state index in [9.17, 15) is 4.79 Å². The molecular formula is C25H29N5O. The lowest BCUT2D eigenvalue weighted by molar-refractivity contribution is 0.0705.